The van der Waals surface area contributed by atoms with E-state index in [1.165, 1.54) is 4.90 Å². The van der Waals surface area contributed by atoms with Gasteiger partial charge in [0.1, 0.15) is 5.60 Å². The van der Waals surface area contributed by atoms with Crippen molar-refractivity contribution in [1.82, 2.24) is 10.2 Å². The summed E-state index contributed by atoms with van der Waals surface area (Å²) in [7, 11) is 1.56. The van der Waals surface area contributed by atoms with Crippen LogP contribution in [0.2, 0.25) is 0 Å². The highest BCUT2D eigenvalue weighted by Gasteiger charge is 2.40. The van der Waals surface area contributed by atoms with Crippen LogP contribution in [0.3, 0.4) is 0 Å². The van der Waals surface area contributed by atoms with E-state index >= 15 is 0 Å². The lowest BCUT2D eigenvalue weighted by Crippen LogP contribution is -2.47. The predicted octanol–water partition coefficient (Wildman–Crippen LogP) is 7.81. The monoisotopic (exact) mass is 658 g/mol. The zero-order valence-corrected chi connectivity index (χ0v) is 29.6. The van der Waals surface area contributed by atoms with E-state index in [1.807, 2.05) is 68.4 Å². The second kappa shape index (κ2) is 17.3. The number of rotatable bonds is 16. The minimum Gasteiger partial charge on any atom is -0.444 e. The number of hydrogen-bond acceptors (Lipinski definition) is 6. The minimum absolute atomic E-state index is 0.0538. The molecule has 7 nitrogen and oxygen atoms in total. The molecule has 3 aromatic rings. The number of ketones is 2. The Balaban J connectivity index is 2.06. The average Bonchev–Trinajstić information content (AvgIpc) is 3.07. The first-order valence-corrected chi connectivity index (χ1v) is 17.5. The van der Waals surface area contributed by atoms with Gasteiger partial charge in [0.05, 0.1) is 22.7 Å². The van der Waals surface area contributed by atoms with Crippen LogP contribution in [0.15, 0.2) is 91.0 Å². The Morgan fingerprint density at radius 1 is 0.745 bits per heavy atom. The van der Waals surface area contributed by atoms with Crippen LogP contribution in [0.1, 0.15) is 83.9 Å². The number of carbonyl (C=O) groups is 4. The van der Waals surface area contributed by atoms with Crippen molar-refractivity contribution in [2.45, 2.75) is 89.7 Å². The summed E-state index contributed by atoms with van der Waals surface area (Å²) in [4.78, 5) is 55.0. The number of nitrogens with zero attached hydrogens (tertiary/aromatic N) is 1. The number of likely N-dealkylation sites (N-methyl/N-ethyl adjacent to an activating group) is 1. The van der Waals surface area contributed by atoms with Crippen LogP contribution in [0.5, 0.6) is 0 Å². The molecule has 252 valence electrons. The fourth-order valence-electron chi connectivity index (χ4n) is 5.73. The van der Waals surface area contributed by atoms with E-state index in [-0.39, 0.29) is 29.6 Å². The quantitative estimate of drug-likeness (QED) is 0.158. The van der Waals surface area contributed by atoms with Gasteiger partial charge in [0.2, 0.25) is 5.91 Å². The number of amides is 2. The van der Waals surface area contributed by atoms with Gasteiger partial charge in [-0.05, 0) is 50.3 Å². The fraction of sp³-hybridized carbons (Fsp3) is 0.436. The summed E-state index contributed by atoms with van der Waals surface area (Å²) in [6.07, 6.45) is 0.422. The van der Waals surface area contributed by atoms with Gasteiger partial charge in [0.25, 0.3) is 0 Å². The summed E-state index contributed by atoms with van der Waals surface area (Å²) in [5.74, 6) is -1.14. The molecule has 47 heavy (non-hydrogen) atoms. The van der Waals surface area contributed by atoms with Crippen molar-refractivity contribution in [3.8, 4) is 0 Å². The smallest absolute Gasteiger partial charge is 0.410 e. The number of hydrogen-bond donors (Lipinski definition) is 1. The molecule has 3 aromatic carbocycles. The van der Waals surface area contributed by atoms with Gasteiger partial charge in [0, 0.05) is 25.6 Å². The standard InChI is InChI=1S/C39H50N2O5S/c1-8-32(34(42)10-3)40-36(44)28(26-35(43)33(9-2)41(7)37(45)46-38(4,5)6)27-47-39(29-20-14-11-15-21-29,30-22-16-12-17-23-30)31-24-18-13-19-25-31/h11-25,28,32-33H,8-10,26-27H2,1-7H3,(H,40,44)/t28-,32-,33-/m0/s1. The molecular weight excluding hydrogens is 609 g/mol. The maximum atomic E-state index is 14.1. The Kier molecular flexibility index (Phi) is 13.8. The molecule has 0 aromatic heterocycles. The van der Waals surface area contributed by atoms with E-state index in [0.717, 1.165) is 16.7 Å². The molecule has 0 radical (unpaired) electrons. The highest BCUT2D eigenvalue weighted by molar-refractivity contribution is 8.00. The molecule has 0 heterocycles. The van der Waals surface area contributed by atoms with Crippen LogP contribution in [0.25, 0.3) is 0 Å². The lowest BCUT2D eigenvalue weighted by atomic mass is 9.84. The first-order valence-electron chi connectivity index (χ1n) is 16.5. The van der Waals surface area contributed by atoms with Crippen molar-refractivity contribution in [2.75, 3.05) is 12.8 Å². The predicted molar refractivity (Wildman–Crippen MR) is 190 cm³/mol. The molecule has 0 fully saturated rings. The Morgan fingerprint density at radius 2 is 1.21 bits per heavy atom. The zero-order valence-electron chi connectivity index (χ0n) is 28.8. The van der Waals surface area contributed by atoms with Crippen LogP contribution in [0, 0.1) is 5.92 Å². The number of nitrogens with one attached hydrogen (secondary N) is 1. The van der Waals surface area contributed by atoms with Crippen LogP contribution >= 0.6 is 11.8 Å². The third-order valence-electron chi connectivity index (χ3n) is 8.23. The average molecular weight is 659 g/mol. The van der Waals surface area contributed by atoms with Crippen molar-refractivity contribution in [3.63, 3.8) is 0 Å². The van der Waals surface area contributed by atoms with Gasteiger partial charge < -0.3 is 15.0 Å². The molecule has 0 aliphatic carbocycles. The molecule has 8 heteroatoms. The van der Waals surface area contributed by atoms with E-state index in [2.05, 4.69) is 41.7 Å². The van der Waals surface area contributed by atoms with Gasteiger partial charge in [0.15, 0.2) is 11.6 Å². The van der Waals surface area contributed by atoms with Crippen molar-refractivity contribution >= 4 is 35.3 Å². The Labute approximate surface area is 284 Å². The number of thioether (sulfide) groups is 1. The van der Waals surface area contributed by atoms with Crippen molar-refractivity contribution < 1.29 is 23.9 Å². The van der Waals surface area contributed by atoms with E-state index in [4.69, 9.17) is 4.74 Å². The molecule has 0 spiro atoms. The number of Topliss-reactive ketones (excluding diaryl/α,β-unsaturated/α-hetero) is 2. The Bertz CT molecular complexity index is 1360. The molecule has 0 saturated heterocycles. The molecule has 2 amide bonds. The van der Waals surface area contributed by atoms with E-state index in [0.29, 0.717) is 19.3 Å². The summed E-state index contributed by atoms with van der Waals surface area (Å²) in [5.41, 5.74) is 2.40. The van der Waals surface area contributed by atoms with Crippen molar-refractivity contribution in [2.24, 2.45) is 5.92 Å². The van der Waals surface area contributed by atoms with Gasteiger partial charge in [-0.2, -0.15) is 0 Å². The van der Waals surface area contributed by atoms with E-state index in [9.17, 15) is 19.2 Å². The van der Waals surface area contributed by atoms with Crippen molar-refractivity contribution in [1.29, 1.82) is 0 Å². The normalized spacial score (nSPS) is 13.6. The van der Waals surface area contributed by atoms with E-state index < -0.39 is 34.4 Å². The maximum Gasteiger partial charge on any atom is 0.410 e. The third kappa shape index (κ3) is 9.80. The second-order valence-electron chi connectivity index (χ2n) is 12.8. The molecule has 0 unspecified atom stereocenters. The van der Waals surface area contributed by atoms with Gasteiger partial charge in [-0.3, -0.25) is 14.4 Å². The minimum atomic E-state index is -0.775. The SMILES string of the molecule is CCC(=O)[C@H](CC)NC(=O)[C@H](CSC(c1ccccc1)(c1ccccc1)c1ccccc1)CC(=O)[C@H](CC)N(C)C(=O)OC(C)(C)C. The highest BCUT2D eigenvalue weighted by Crippen LogP contribution is 2.49. The molecule has 0 aliphatic heterocycles. The highest BCUT2D eigenvalue weighted by atomic mass is 32.2. The molecule has 3 rings (SSSR count). The molecule has 0 aliphatic rings. The molecule has 0 bridgehead atoms. The third-order valence-corrected chi connectivity index (χ3v) is 9.94. The van der Waals surface area contributed by atoms with E-state index in [1.54, 1.807) is 46.5 Å². The van der Waals surface area contributed by atoms with Gasteiger partial charge in [-0.15, -0.1) is 11.8 Å². The van der Waals surface area contributed by atoms with Gasteiger partial charge in [-0.25, -0.2) is 4.79 Å². The van der Waals surface area contributed by atoms with Crippen LogP contribution in [0.4, 0.5) is 4.79 Å². The first kappa shape index (κ1) is 37.5. The largest absolute Gasteiger partial charge is 0.444 e. The zero-order chi connectivity index (χ0) is 34.6. The summed E-state index contributed by atoms with van der Waals surface area (Å²) in [6, 6.07) is 29.1. The summed E-state index contributed by atoms with van der Waals surface area (Å²) in [5, 5.41) is 2.96. The summed E-state index contributed by atoms with van der Waals surface area (Å²) >= 11 is 1.59. The number of ether oxygens (including phenoxy) is 1. The number of benzene rings is 3. The molecular formula is C39H50N2O5S. The Hall–Kier alpha value is -3.91. The van der Waals surface area contributed by atoms with Gasteiger partial charge in [-0.1, -0.05) is 112 Å². The maximum absolute atomic E-state index is 14.1. The first-order chi connectivity index (χ1) is 22.4. The Morgan fingerprint density at radius 3 is 1.60 bits per heavy atom. The number of carbonyl (C=O) groups excluding carboxylic acids is 4. The lowest BCUT2D eigenvalue weighted by Gasteiger charge is -2.37. The van der Waals surface area contributed by atoms with Crippen LogP contribution in [-0.2, 0) is 23.9 Å². The topological polar surface area (TPSA) is 92.8 Å². The van der Waals surface area contributed by atoms with Crippen molar-refractivity contribution in [3.05, 3.63) is 108 Å². The molecule has 3 atom stereocenters. The second-order valence-corrected chi connectivity index (χ2v) is 14.0. The van der Waals surface area contributed by atoms with Gasteiger partial charge >= 0.3 is 6.09 Å². The molecule has 0 saturated carbocycles. The van der Waals surface area contributed by atoms with Crippen LogP contribution in [-0.4, -0.2) is 59.0 Å². The molecule has 1 N–H and O–H groups in total. The summed E-state index contributed by atoms with van der Waals surface area (Å²) < 4.78 is 4.84. The summed E-state index contributed by atoms with van der Waals surface area (Å²) in [6.45, 7) is 10.8. The lowest BCUT2D eigenvalue weighted by molar-refractivity contribution is -0.133. The fourth-order valence-corrected chi connectivity index (χ4v) is 7.35. The van der Waals surface area contributed by atoms with Crippen LogP contribution < -0.4 is 5.32 Å².